The maximum atomic E-state index is 12.9. The van der Waals surface area contributed by atoms with Crippen molar-refractivity contribution in [2.24, 2.45) is 0 Å². The smallest absolute Gasteiger partial charge is 0.258 e. The SMILES string of the molecule is CCCC(Br)Cc1ccc([N+](=O)[O-])cc1C(F)F. The van der Waals surface area contributed by atoms with Gasteiger partial charge in [-0.3, -0.25) is 10.1 Å². The van der Waals surface area contributed by atoms with Crippen LogP contribution in [-0.4, -0.2) is 9.75 Å². The molecule has 0 aliphatic carbocycles. The summed E-state index contributed by atoms with van der Waals surface area (Å²) < 4.78 is 25.7. The third-order valence-electron chi connectivity index (χ3n) is 2.62. The Morgan fingerprint density at radius 2 is 2.11 bits per heavy atom. The summed E-state index contributed by atoms with van der Waals surface area (Å²) in [4.78, 5) is 10.0. The molecule has 1 aromatic rings. The average Bonchev–Trinajstić information content (AvgIpc) is 2.29. The van der Waals surface area contributed by atoms with E-state index in [-0.39, 0.29) is 16.1 Å². The van der Waals surface area contributed by atoms with Crippen molar-refractivity contribution in [2.75, 3.05) is 0 Å². The van der Waals surface area contributed by atoms with Gasteiger partial charge >= 0.3 is 0 Å². The van der Waals surface area contributed by atoms with Gasteiger partial charge < -0.3 is 0 Å². The van der Waals surface area contributed by atoms with Gasteiger partial charge in [0.25, 0.3) is 12.1 Å². The van der Waals surface area contributed by atoms with Gasteiger partial charge in [-0.15, -0.1) is 0 Å². The second kappa shape index (κ2) is 6.78. The van der Waals surface area contributed by atoms with E-state index in [4.69, 9.17) is 0 Å². The van der Waals surface area contributed by atoms with Gasteiger partial charge in [0.05, 0.1) is 4.92 Å². The van der Waals surface area contributed by atoms with Crippen molar-refractivity contribution in [3.05, 3.63) is 39.4 Å². The molecule has 0 aliphatic heterocycles. The molecule has 0 radical (unpaired) electrons. The van der Waals surface area contributed by atoms with Crippen LogP contribution in [0.3, 0.4) is 0 Å². The molecule has 0 spiro atoms. The second-order valence-corrected chi connectivity index (χ2v) is 5.33. The summed E-state index contributed by atoms with van der Waals surface area (Å²) in [7, 11) is 0. The predicted molar refractivity (Wildman–Crippen MR) is 69.4 cm³/mol. The Bertz CT molecular complexity index is 427. The molecule has 6 heteroatoms. The van der Waals surface area contributed by atoms with Crippen LogP contribution in [-0.2, 0) is 6.42 Å². The topological polar surface area (TPSA) is 43.1 Å². The molecule has 100 valence electrons. The number of nitro benzene ring substituents is 1. The summed E-state index contributed by atoms with van der Waals surface area (Å²) >= 11 is 3.43. The van der Waals surface area contributed by atoms with Crippen LogP contribution in [0.25, 0.3) is 0 Å². The van der Waals surface area contributed by atoms with E-state index >= 15 is 0 Å². The van der Waals surface area contributed by atoms with E-state index in [2.05, 4.69) is 15.9 Å². The number of benzene rings is 1. The van der Waals surface area contributed by atoms with Crippen molar-refractivity contribution in [1.82, 2.24) is 0 Å². The molecule has 0 bridgehead atoms. The highest BCUT2D eigenvalue weighted by molar-refractivity contribution is 9.09. The Kier molecular flexibility index (Phi) is 5.65. The van der Waals surface area contributed by atoms with Gasteiger partial charge in [-0.2, -0.15) is 0 Å². The zero-order valence-electron chi connectivity index (χ0n) is 9.91. The molecule has 1 unspecified atom stereocenters. The summed E-state index contributed by atoms with van der Waals surface area (Å²) in [6.45, 7) is 2.01. The van der Waals surface area contributed by atoms with E-state index in [0.29, 0.717) is 12.0 Å². The third-order valence-corrected chi connectivity index (χ3v) is 3.40. The summed E-state index contributed by atoms with van der Waals surface area (Å²) in [6, 6.07) is 3.65. The van der Waals surface area contributed by atoms with Crippen LogP contribution in [0.4, 0.5) is 14.5 Å². The minimum Gasteiger partial charge on any atom is -0.258 e. The van der Waals surface area contributed by atoms with E-state index in [9.17, 15) is 18.9 Å². The Morgan fingerprint density at radius 1 is 1.44 bits per heavy atom. The van der Waals surface area contributed by atoms with E-state index in [1.807, 2.05) is 6.92 Å². The van der Waals surface area contributed by atoms with Gasteiger partial charge in [-0.05, 0) is 18.4 Å². The molecule has 1 aromatic carbocycles. The van der Waals surface area contributed by atoms with Crippen molar-refractivity contribution >= 4 is 21.6 Å². The van der Waals surface area contributed by atoms with E-state index in [1.165, 1.54) is 12.1 Å². The standard InChI is InChI=1S/C12H14BrF2NO2/c1-2-3-9(13)6-8-4-5-10(16(17)18)7-11(8)12(14)15/h4-5,7,9,12H,2-3,6H2,1H3. The number of hydrogen-bond acceptors (Lipinski definition) is 2. The molecule has 18 heavy (non-hydrogen) atoms. The van der Waals surface area contributed by atoms with Gasteiger partial charge in [-0.1, -0.05) is 35.3 Å². The molecule has 1 atom stereocenters. The number of nitro groups is 1. The van der Waals surface area contributed by atoms with Gasteiger partial charge in [-0.25, -0.2) is 8.78 Å². The fourth-order valence-corrected chi connectivity index (χ4v) is 2.55. The van der Waals surface area contributed by atoms with Gasteiger partial charge in [0.15, 0.2) is 0 Å². The molecule has 1 rings (SSSR count). The first-order valence-electron chi connectivity index (χ1n) is 5.65. The molecule has 3 nitrogen and oxygen atoms in total. The highest BCUT2D eigenvalue weighted by atomic mass is 79.9. The number of alkyl halides is 3. The minimum absolute atomic E-state index is 0.112. The van der Waals surface area contributed by atoms with Crippen LogP contribution in [0, 0.1) is 10.1 Å². The Balaban J connectivity index is 3.00. The minimum atomic E-state index is -2.69. The molecular formula is C12H14BrF2NO2. The highest BCUT2D eigenvalue weighted by Crippen LogP contribution is 2.29. The van der Waals surface area contributed by atoms with E-state index in [0.717, 1.165) is 18.9 Å². The maximum absolute atomic E-state index is 12.9. The lowest BCUT2D eigenvalue weighted by Gasteiger charge is -2.12. The molecule has 0 saturated heterocycles. The summed E-state index contributed by atoms with van der Waals surface area (Å²) in [5.41, 5.74) is -0.0775. The number of non-ortho nitro benzene ring substituents is 1. The molecule has 0 heterocycles. The van der Waals surface area contributed by atoms with Crippen molar-refractivity contribution in [3.8, 4) is 0 Å². The molecule has 0 N–H and O–H groups in total. The monoisotopic (exact) mass is 321 g/mol. The molecule has 0 amide bonds. The quantitative estimate of drug-likeness (QED) is 0.435. The zero-order valence-corrected chi connectivity index (χ0v) is 11.5. The Hall–Kier alpha value is -1.04. The number of halogens is 3. The van der Waals surface area contributed by atoms with Gasteiger partial charge in [0.2, 0.25) is 0 Å². The first kappa shape index (κ1) is 15.0. The fourth-order valence-electron chi connectivity index (χ4n) is 1.74. The van der Waals surface area contributed by atoms with Crippen LogP contribution >= 0.6 is 15.9 Å². The van der Waals surface area contributed by atoms with Crippen molar-refractivity contribution in [3.63, 3.8) is 0 Å². The lowest BCUT2D eigenvalue weighted by Crippen LogP contribution is -2.06. The molecular weight excluding hydrogens is 308 g/mol. The predicted octanol–water partition coefficient (Wildman–Crippen LogP) is 4.64. The molecule has 0 saturated carbocycles. The second-order valence-electron chi connectivity index (χ2n) is 4.03. The lowest BCUT2D eigenvalue weighted by molar-refractivity contribution is -0.385. The number of rotatable bonds is 6. The van der Waals surface area contributed by atoms with Crippen LogP contribution in [0.5, 0.6) is 0 Å². The maximum Gasteiger partial charge on any atom is 0.269 e. The summed E-state index contributed by atoms with van der Waals surface area (Å²) in [5.74, 6) is 0. The Labute approximate surface area is 112 Å². The summed E-state index contributed by atoms with van der Waals surface area (Å²) in [5, 5.41) is 10.6. The zero-order chi connectivity index (χ0) is 13.7. The lowest BCUT2D eigenvalue weighted by atomic mass is 10.0. The van der Waals surface area contributed by atoms with E-state index in [1.54, 1.807) is 0 Å². The Morgan fingerprint density at radius 3 is 2.61 bits per heavy atom. The summed E-state index contributed by atoms with van der Waals surface area (Å²) in [6.07, 6.45) is -0.417. The van der Waals surface area contributed by atoms with Gasteiger partial charge in [0, 0.05) is 22.5 Å². The average molecular weight is 322 g/mol. The largest absolute Gasteiger partial charge is 0.269 e. The molecule has 0 fully saturated rings. The first-order valence-corrected chi connectivity index (χ1v) is 6.56. The number of hydrogen-bond donors (Lipinski definition) is 0. The third kappa shape index (κ3) is 4.01. The van der Waals surface area contributed by atoms with Crippen LogP contribution in [0.15, 0.2) is 18.2 Å². The first-order chi connectivity index (χ1) is 8.45. The van der Waals surface area contributed by atoms with Crippen molar-refractivity contribution < 1.29 is 13.7 Å². The fraction of sp³-hybridized carbons (Fsp3) is 0.500. The normalized spacial score (nSPS) is 12.7. The highest BCUT2D eigenvalue weighted by Gasteiger charge is 2.19. The van der Waals surface area contributed by atoms with Gasteiger partial charge in [0.1, 0.15) is 0 Å². The molecule has 0 aliphatic rings. The van der Waals surface area contributed by atoms with Crippen LogP contribution in [0.1, 0.15) is 37.3 Å². The number of nitrogens with zero attached hydrogens (tertiary/aromatic N) is 1. The van der Waals surface area contributed by atoms with Crippen LogP contribution < -0.4 is 0 Å². The molecule has 0 aromatic heterocycles. The van der Waals surface area contributed by atoms with E-state index < -0.39 is 11.3 Å². The van der Waals surface area contributed by atoms with Crippen molar-refractivity contribution in [1.29, 1.82) is 0 Å². The van der Waals surface area contributed by atoms with Crippen LogP contribution in [0.2, 0.25) is 0 Å². The van der Waals surface area contributed by atoms with Crippen molar-refractivity contribution in [2.45, 2.75) is 37.4 Å².